The summed E-state index contributed by atoms with van der Waals surface area (Å²) in [6.07, 6.45) is 5.86. The Balaban J connectivity index is 1.74. The predicted octanol–water partition coefficient (Wildman–Crippen LogP) is 1.78. The third-order valence-corrected chi connectivity index (χ3v) is 6.54. The molecule has 0 spiro atoms. The molecule has 2 saturated heterocycles. The first-order chi connectivity index (χ1) is 10.00. The summed E-state index contributed by atoms with van der Waals surface area (Å²) in [7, 11) is 0. The van der Waals surface area contributed by atoms with Gasteiger partial charge in [-0.15, -0.1) is 11.8 Å². The van der Waals surface area contributed by atoms with Crippen LogP contribution in [0, 0.1) is 11.3 Å². The molecule has 3 fully saturated rings. The van der Waals surface area contributed by atoms with Gasteiger partial charge in [0.15, 0.2) is 0 Å². The average Bonchev–Trinajstić information content (AvgIpc) is 2.97. The quantitative estimate of drug-likeness (QED) is 0.844. The van der Waals surface area contributed by atoms with Crippen molar-refractivity contribution in [3.8, 4) is 6.07 Å². The molecule has 114 valence electrons. The number of amides is 2. The minimum Gasteiger partial charge on any atom is -0.336 e. The van der Waals surface area contributed by atoms with Gasteiger partial charge in [0, 0.05) is 12.2 Å². The molecule has 0 unspecified atom stereocenters. The van der Waals surface area contributed by atoms with Gasteiger partial charge >= 0.3 is 0 Å². The molecule has 3 aliphatic rings. The van der Waals surface area contributed by atoms with Gasteiger partial charge in [-0.3, -0.25) is 9.59 Å². The summed E-state index contributed by atoms with van der Waals surface area (Å²) >= 11 is 1.69. The molecule has 21 heavy (non-hydrogen) atoms. The smallest absolute Gasteiger partial charge is 0.244 e. The van der Waals surface area contributed by atoms with E-state index in [4.69, 9.17) is 0 Å². The molecular weight excluding hydrogens is 286 g/mol. The molecule has 0 aromatic rings. The van der Waals surface area contributed by atoms with E-state index in [9.17, 15) is 14.9 Å². The van der Waals surface area contributed by atoms with Gasteiger partial charge in [-0.2, -0.15) is 5.26 Å². The Morgan fingerprint density at radius 2 is 2.10 bits per heavy atom. The van der Waals surface area contributed by atoms with Crippen LogP contribution < -0.4 is 5.32 Å². The fourth-order valence-electron chi connectivity index (χ4n) is 3.75. The van der Waals surface area contributed by atoms with Crippen molar-refractivity contribution in [2.45, 2.75) is 68.3 Å². The summed E-state index contributed by atoms with van der Waals surface area (Å²) in [6.45, 7) is 2.04. The highest BCUT2D eigenvalue weighted by atomic mass is 32.2. The molecular formula is C15H21N3O2S. The minimum absolute atomic E-state index is 0.0669. The lowest BCUT2D eigenvalue weighted by molar-refractivity contribution is -0.138. The van der Waals surface area contributed by atoms with E-state index in [0.29, 0.717) is 12.2 Å². The maximum absolute atomic E-state index is 12.6. The van der Waals surface area contributed by atoms with Crippen LogP contribution in [0.15, 0.2) is 0 Å². The van der Waals surface area contributed by atoms with E-state index in [1.54, 1.807) is 16.7 Å². The number of nitrogens with zero attached hydrogens (tertiary/aromatic N) is 2. The highest BCUT2D eigenvalue weighted by Gasteiger charge is 2.53. The third kappa shape index (κ3) is 2.42. The first-order valence-corrected chi connectivity index (χ1v) is 8.68. The molecule has 2 amide bonds. The molecule has 1 saturated carbocycles. The summed E-state index contributed by atoms with van der Waals surface area (Å²) in [5.74, 6) is 0.553. The number of nitriles is 1. The van der Waals surface area contributed by atoms with E-state index in [2.05, 4.69) is 11.4 Å². The van der Waals surface area contributed by atoms with Crippen molar-refractivity contribution in [3.05, 3.63) is 0 Å². The number of hydrogen-bond acceptors (Lipinski definition) is 4. The molecule has 2 atom stereocenters. The van der Waals surface area contributed by atoms with Crippen LogP contribution in [-0.4, -0.2) is 38.9 Å². The Bertz CT molecular complexity index is 510. The normalized spacial score (nSPS) is 34.4. The zero-order chi connectivity index (χ0) is 15.1. The molecule has 1 N–H and O–H groups in total. The van der Waals surface area contributed by atoms with Gasteiger partial charge in [0.05, 0.1) is 10.9 Å². The van der Waals surface area contributed by atoms with Crippen molar-refractivity contribution in [2.75, 3.05) is 5.75 Å². The SMILES string of the molecule is C[C@]12CCC(=O)N1[C@H](C(=O)NC1(C#N)CCCCC1)CS2. The Hall–Kier alpha value is -1.22. The Kier molecular flexibility index (Phi) is 3.64. The van der Waals surface area contributed by atoms with E-state index < -0.39 is 11.6 Å². The molecule has 1 aliphatic carbocycles. The van der Waals surface area contributed by atoms with Crippen LogP contribution in [0.1, 0.15) is 51.9 Å². The summed E-state index contributed by atoms with van der Waals surface area (Å²) in [5.41, 5.74) is -0.720. The van der Waals surface area contributed by atoms with Crippen LogP contribution in [0.2, 0.25) is 0 Å². The van der Waals surface area contributed by atoms with Crippen molar-refractivity contribution >= 4 is 23.6 Å². The van der Waals surface area contributed by atoms with Gasteiger partial charge in [0.1, 0.15) is 11.6 Å². The summed E-state index contributed by atoms with van der Waals surface area (Å²) in [4.78, 5) is 26.2. The molecule has 3 rings (SSSR count). The number of thioether (sulfide) groups is 1. The van der Waals surface area contributed by atoms with Gasteiger partial charge in [0.2, 0.25) is 11.8 Å². The Morgan fingerprint density at radius 3 is 2.76 bits per heavy atom. The molecule has 2 heterocycles. The van der Waals surface area contributed by atoms with E-state index in [1.165, 1.54) is 0 Å². The van der Waals surface area contributed by atoms with Crippen molar-refractivity contribution in [3.63, 3.8) is 0 Å². The number of carbonyl (C=O) groups is 2. The first kappa shape index (κ1) is 14.7. The average molecular weight is 307 g/mol. The third-order valence-electron chi connectivity index (χ3n) is 5.03. The van der Waals surface area contributed by atoms with E-state index in [-0.39, 0.29) is 16.7 Å². The lowest BCUT2D eigenvalue weighted by Crippen LogP contribution is -2.56. The summed E-state index contributed by atoms with van der Waals surface area (Å²) in [5, 5.41) is 12.4. The topological polar surface area (TPSA) is 73.2 Å². The number of nitrogens with one attached hydrogen (secondary N) is 1. The molecule has 6 heteroatoms. The summed E-state index contributed by atoms with van der Waals surface area (Å²) in [6, 6.07) is 1.90. The monoisotopic (exact) mass is 307 g/mol. The number of carbonyl (C=O) groups excluding carboxylic acids is 2. The zero-order valence-corrected chi connectivity index (χ0v) is 13.2. The standard InChI is InChI=1S/C15H21N3O2S/c1-14-8-5-12(19)18(14)11(9-21-14)13(20)17-15(10-16)6-3-2-4-7-15/h11H,2-9H2,1H3,(H,17,20)/t11-,14-/m0/s1. The van der Waals surface area contributed by atoms with Gasteiger partial charge < -0.3 is 10.2 Å². The molecule has 5 nitrogen and oxygen atoms in total. The van der Waals surface area contributed by atoms with E-state index in [1.807, 2.05) is 6.92 Å². The van der Waals surface area contributed by atoms with Crippen molar-refractivity contribution in [2.24, 2.45) is 0 Å². The Labute approximate surface area is 129 Å². The van der Waals surface area contributed by atoms with Crippen molar-refractivity contribution < 1.29 is 9.59 Å². The van der Waals surface area contributed by atoms with Crippen molar-refractivity contribution in [1.29, 1.82) is 5.26 Å². The van der Waals surface area contributed by atoms with Crippen LogP contribution >= 0.6 is 11.8 Å². The fourth-order valence-corrected chi connectivity index (χ4v) is 5.19. The molecule has 0 bridgehead atoms. The van der Waals surface area contributed by atoms with Crippen LogP contribution in [0.4, 0.5) is 0 Å². The summed E-state index contributed by atoms with van der Waals surface area (Å²) < 4.78 is 0. The van der Waals surface area contributed by atoms with Gasteiger partial charge in [-0.05, 0) is 26.2 Å². The van der Waals surface area contributed by atoms with Gasteiger partial charge in [-0.25, -0.2) is 0 Å². The highest BCUT2D eigenvalue weighted by molar-refractivity contribution is 8.01. The first-order valence-electron chi connectivity index (χ1n) is 7.69. The molecule has 0 radical (unpaired) electrons. The molecule has 0 aromatic heterocycles. The minimum atomic E-state index is -0.720. The number of hydrogen-bond donors (Lipinski definition) is 1. The molecule has 2 aliphatic heterocycles. The fraction of sp³-hybridized carbons (Fsp3) is 0.800. The second kappa shape index (κ2) is 5.20. The maximum atomic E-state index is 12.6. The van der Waals surface area contributed by atoms with Gasteiger partial charge in [-0.1, -0.05) is 19.3 Å². The number of rotatable bonds is 2. The second-order valence-corrected chi connectivity index (χ2v) is 8.01. The van der Waals surface area contributed by atoms with E-state index in [0.717, 1.165) is 38.5 Å². The van der Waals surface area contributed by atoms with Crippen LogP contribution in [0.5, 0.6) is 0 Å². The Morgan fingerprint density at radius 1 is 1.38 bits per heavy atom. The lowest BCUT2D eigenvalue weighted by Gasteiger charge is -2.35. The second-order valence-electron chi connectivity index (χ2n) is 6.51. The van der Waals surface area contributed by atoms with Gasteiger partial charge in [0.25, 0.3) is 0 Å². The van der Waals surface area contributed by atoms with E-state index >= 15 is 0 Å². The lowest BCUT2D eigenvalue weighted by atomic mass is 9.82. The van der Waals surface area contributed by atoms with Crippen LogP contribution in [-0.2, 0) is 9.59 Å². The number of fused-ring (bicyclic) bond motifs is 1. The van der Waals surface area contributed by atoms with Crippen LogP contribution in [0.25, 0.3) is 0 Å². The zero-order valence-electron chi connectivity index (χ0n) is 12.4. The molecule has 0 aromatic carbocycles. The van der Waals surface area contributed by atoms with Crippen LogP contribution in [0.3, 0.4) is 0 Å². The maximum Gasteiger partial charge on any atom is 0.244 e. The predicted molar refractivity (Wildman–Crippen MR) is 80.3 cm³/mol. The van der Waals surface area contributed by atoms with Crippen molar-refractivity contribution in [1.82, 2.24) is 10.2 Å². The largest absolute Gasteiger partial charge is 0.336 e. The highest BCUT2D eigenvalue weighted by Crippen LogP contribution is 2.47.